The molecule has 0 radical (unpaired) electrons. The molecule has 2 heterocycles. The molecule has 0 aliphatic rings. The predicted octanol–water partition coefficient (Wildman–Crippen LogP) is 4.03. The first-order valence-electron chi connectivity index (χ1n) is 11.8. The van der Waals surface area contributed by atoms with Gasteiger partial charge in [-0.05, 0) is 40.3 Å². The van der Waals surface area contributed by atoms with Crippen LogP contribution in [0.4, 0.5) is 5.69 Å². The van der Waals surface area contributed by atoms with Gasteiger partial charge in [0.2, 0.25) is 5.91 Å². The molecule has 5 aromatic rings. The summed E-state index contributed by atoms with van der Waals surface area (Å²) < 4.78 is 2.94. The van der Waals surface area contributed by atoms with Crippen molar-refractivity contribution in [2.75, 3.05) is 0 Å². The van der Waals surface area contributed by atoms with E-state index in [0.29, 0.717) is 28.0 Å². The molecule has 1 N–H and O–H groups in total. The fourth-order valence-corrected chi connectivity index (χ4v) is 5.05. The zero-order chi connectivity index (χ0) is 26.6. The number of non-ortho nitro benzene ring substituents is 1. The van der Waals surface area contributed by atoms with Gasteiger partial charge in [0.05, 0.1) is 29.1 Å². The topological polar surface area (TPSA) is 116 Å². The minimum absolute atomic E-state index is 0.0632. The number of amides is 1. The molecule has 0 fully saturated rings. The number of hydrogen-bond acceptors (Lipinski definition) is 6. The van der Waals surface area contributed by atoms with Gasteiger partial charge in [-0.3, -0.25) is 24.3 Å². The van der Waals surface area contributed by atoms with Gasteiger partial charge in [0.25, 0.3) is 11.2 Å². The molecule has 1 amide bonds. The lowest BCUT2D eigenvalue weighted by Crippen LogP contribution is -2.38. The number of rotatable bonds is 8. The van der Waals surface area contributed by atoms with Crippen LogP contribution >= 0.6 is 11.3 Å². The first-order valence-corrected chi connectivity index (χ1v) is 12.6. The predicted molar refractivity (Wildman–Crippen MR) is 146 cm³/mol. The van der Waals surface area contributed by atoms with E-state index in [9.17, 15) is 24.5 Å². The van der Waals surface area contributed by atoms with Crippen LogP contribution in [0.1, 0.15) is 16.7 Å². The van der Waals surface area contributed by atoms with Gasteiger partial charge in [-0.1, -0.05) is 54.6 Å². The summed E-state index contributed by atoms with van der Waals surface area (Å²) >= 11 is 1.23. The van der Waals surface area contributed by atoms with Gasteiger partial charge in [0, 0.05) is 18.7 Å². The van der Waals surface area contributed by atoms with Crippen LogP contribution < -0.4 is 16.6 Å². The molecule has 0 aliphatic heterocycles. The van der Waals surface area contributed by atoms with Crippen molar-refractivity contribution in [3.8, 4) is 5.69 Å². The number of nitro benzene ring substituents is 1. The molecule has 0 aliphatic carbocycles. The minimum atomic E-state index is -0.555. The summed E-state index contributed by atoms with van der Waals surface area (Å²) in [4.78, 5) is 49.9. The van der Waals surface area contributed by atoms with Gasteiger partial charge in [-0.15, -0.1) is 11.3 Å². The zero-order valence-corrected chi connectivity index (χ0v) is 20.9. The summed E-state index contributed by atoms with van der Waals surface area (Å²) in [6, 6.07) is 24.1. The first kappa shape index (κ1) is 24.8. The standard InChI is InChI=1S/C28H22N4O5S/c33-25(29-17-20-5-2-1-3-6-20)16-19-9-11-22(12-10-19)31-27(34)26-24(13-14-38-26)30(28(31)35)18-21-7-4-8-23(15-21)32(36)37/h1-15H,16-18H2,(H,29,33). The normalized spacial score (nSPS) is 10.9. The third-order valence-electron chi connectivity index (χ3n) is 6.11. The number of carbonyl (C=O) groups excluding carboxylic acids is 1. The van der Waals surface area contributed by atoms with Gasteiger partial charge in [-0.2, -0.15) is 0 Å². The second kappa shape index (κ2) is 10.7. The van der Waals surface area contributed by atoms with Crippen LogP contribution in [0.3, 0.4) is 0 Å². The Bertz CT molecular complexity index is 1750. The molecule has 0 saturated carbocycles. The third-order valence-corrected chi connectivity index (χ3v) is 7.00. The SMILES string of the molecule is O=C(Cc1ccc(-n2c(=O)c3sccc3n(Cc3cccc([N+](=O)[O-])c3)c2=O)cc1)NCc1ccccc1. The number of carbonyl (C=O) groups is 1. The number of benzene rings is 3. The molecular weight excluding hydrogens is 504 g/mol. The number of hydrogen-bond donors (Lipinski definition) is 1. The van der Waals surface area contributed by atoms with Gasteiger partial charge < -0.3 is 5.32 Å². The Morgan fingerprint density at radius 2 is 1.63 bits per heavy atom. The maximum Gasteiger partial charge on any atom is 0.336 e. The molecule has 9 nitrogen and oxygen atoms in total. The maximum atomic E-state index is 13.5. The lowest BCUT2D eigenvalue weighted by atomic mass is 10.1. The van der Waals surface area contributed by atoms with Crippen molar-refractivity contribution in [2.45, 2.75) is 19.5 Å². The Kier molecular flexibility index (Phi) is 6.96. The number of nitrogens with one attached hydrogen (secondary N) is 1. The van der Waals surface area contributed by atoms with Crippen LogP contribution in [0.25, 0.3) is 15.9 Å². The Morgan fingerprint density at radius 3 is 2.37 bits per heavy atom. The minimum Gasteiger partial charge on any atom is -0.352 e. The number of thiophene rings is 1. The molecule has 0 unspecified atom stereocenters. The van der Waals surface area contributed by atoms with E-state index in [1.165, 1.54) is 28.0 Å². The van der Waals surface area contributed by atoms with E-state index in [0.717, 1.165) is 15.7 Å². The van der Waals surface area contributed by atoms with Gasteiger partial charge in [-0.25, -0.2) is 9.36 Å². The second-order valence-electron chi connectivity index (χ2n) is 8.68. The van der Waals surface area contributed by atoms with E-state index in [1.807, 2.05) is 30.3 Å². The van der Waals surface area contributed by atoms with Crippen molar-refractivity contribution in [1.29, 1.82) is 0 Å². The molecule has 10 heteroatoms. The Morgan fingerprint density at radius 1 is 0.895 bits per heavy atom. The van der Waals surface area contributed by atoms with Gasteiger partial charge >= 0.3 is 5.69 Å². The maximum absolute atomic E-state index is 13.5. The van der Waals surface area contributed by atoms with Crippen LogP contribution in [-0.4, -0.2) is 20.0 Å². The number of nitro groups is 1. The van der Waals surface area contributed by atoms with E-state index in [1.54, 1.807) is 47.8 Å². The molecule has 0 spiro atoms. The van der Waals surface area contributed by atoms with Gasteiger partial charge in [0.15, 0.2) is 0 Å². The van der Waals surface area contributed by atoms with E-state index < -0.39 is 16.2 Å². The Balaban J connectivity index is 1.42. The van der Waals surface area contributed by atoms with Crippen LogP contribution in [0, 0.1) is 10.1 Å². The number of fused-ring (bicyclic) bond motifs is 1. The molecular formula is C28H22N4O5S. The quantitative estimate of drug-likeness (QED) is 0.242. The van der Waals surface area contributed by atoms with E-state index in [4.69, 9.17) is 0 Å². The summed E-state index contributed by atoms with van der Waals surface area (Å²) in [7, 11) is 0. The van der Waals surface area contributed by atoms with Crippen molar-refractivity contribution in [2.24, 2.45) is 0 Å². The molecule has 5 rings (SSSR count). The van der Waals surface area contributed by atoms with Crippen molar-refractivity contribution < 1.29 is 9.72 Å². The van der Waals surface area contributed by atoms with Crippen LogP contribution in [-0.2, 0) is 24.3 Å². The second-order valence-corrected chi connectivity index (χ2v) is 9.59. The monoisotopic (exact) mass is 526 g/mol. The van der Waals surface area contributed by atoms with Crippen molar-refractivity contribution in [3.63, 3.8) is 0 Å². The first-order chi connectivity index (χ1) is 18.4. The van der Waals surface area contributed by atoms with Gasteiger partial charge in [0.1, 0.15) is 4.70 Å². The molecule has 0 bridgehead atoms. The number of nitrogens with zero attached hydrogens (tertiary/aromatic N) is 3. The van der Waals surface area contributed by atoms with Crippen molar-refractivity contribution in [3.05, 3.63) is 138 Å². The van der Waals surface area contributed by atoms with Crippen LogP contribution in [0.5, 0.6) is 0 Å². The molecule has 38 heavy (non-hydrogen) atoms. The van der Waals surface area contributed by atoms with Crippen LogP contribution in [0.2, 0.25) is 0 Å². The largest absolute Gasteiger partial charge is 0.352 e. The highest BCUT2D eigenvalue weighted by Gasteiger charge is 2.17. The smallest absolute Gasteiger partial charge is 0.336 e. The highest BCUT2D eigenvalue weighted by molar-refractivity contribution is 7.17. The summed E-state index contributed by atoms with van der Waals surface area (Å²) in [6.07, 6.45) is 0.156. The highest BCUT2D eigenvalue weighted by Crippen LogP contribution is 2.19. The fourth-order valence-electron chi connectivity index (χ4n) is 4.23. The zero-order valence-electron chi connectivity index (χ0n) is 20.1. The molecule has 0 saturated heterocycles. The molecule has 3 aromatic carbocycles. The highest BCUT2D eigenvalue weighted by atomic mass is 32.1. The lowest BCUT2D eigenvalue weighted by molar-refractivity contribution is -0.384. The Hall–Kier alpha value is -4.83. The summed E-state index contributed by atoms with van der Waals surface area (Å²) in [5, 5.41) is 15.8. The van der Waals surface area contributed by atoms with E-state index in [-0.39, 0.29) is 24.6 Å². The summed E-state index contributed by atoms with van der Waals surface area (Å²) in [5.74, 6) is -0.141. The third kappa shape index (κ3) is 5.16. The van der Waals surface area contributed by atoms with Crippen molar-refractivity contribution >= 4 is 33.1 Å². The Labute approximate surface area is 220 Å². The average molecular weight is 527 g/mol. The average Bonchev–Trinajstić information content (AvgIpc) is 3.42. The molecule has 190 valence electrons. The van der Waals surface area contributed by atoms with Crippen molar-refractivity contribution in [1.82, 2.24) is 14.5 Å². The number of aromatic nitrogens is 2. The van der Waals surface area contributed by atoms with E-state index in [2.05, 4.69) is 5.32 Å². The summed E-state index contributed by atoms with van der Waals surface area (Å²) in [5.41, 5.74) is 2.08. The van der Waals surface area contributed by atoms with E-state index >= 15 is 0 Å². The summed E-state index contributed by atoms with van der Waals surface area (Å²) in [6.45, 7) is 0.492. The molecule has 0 atom stereocenters. The molecule has 2 aromatic heterocycles. The lowest BCUT2D eigenvalue weighted by Gasteiger charge is -2.13. The van der Waals surface area contributed by atoms with Crippen LogP contribution in [0.15, 0.2) is 99.9 Å². The fraction of sp³-hybridized carbons (Fsp3) is 0.107.